The lowest BCUT2D eigenvalue weighted by Crippen LogP contribution is -2.37. The molecule has 1 aromatic rings. The number of nitrogens with zero attached hydrogens (tertiary/aromatic N) is 1. The zero-order chi connectivity index (χ0) is 11.5. The maximum absolute atomic E-state index is 7.54. The first-order valence-corrected chi connectivity index (χ1v) is 5.53. The molecule has 3 N–H and O–H groups in total. The molecule has 0 bridgehead atoms. The first-order chi connectivity index (χ1) is 7.68. The van der Waals surface area contributed by atoms with Crippen molar-refractivity contribution in [2.24, 2.45) is 5.73 Å². The predicted octanol–water partition coefficient (Wildman–Crippen LogP) is 1.46. The van der Waals surface area contributed by atoms with E-state index in [1.807, 2.05) is 6.07 Å². The number of nitrogens with two attached hydrogens (primary N) is 1. The van der Waals surface area contributed by atoms with Gasteiger partial charge in [-0.1, -0.05) is 11.6 Å². The molecule has 0 aliphatic carbocycles. The predicted molar refractivity (Wildman–Crippen MR) is 65.5 cm³/mol. The number of anilines is 1. The Kier molecular flexibility index (Phi) is 3.31. The van der Waals surface area contributed by atoms with Crippen LogP contribution in [0.2, 0.25) is 5.02 Å². The summed E-state index contributed by atoms with van der Waals surface area (Å²) in [5.41, 5.74) is 7.20. The van der Waals surface area contributed by atoms with E-state index in [0.29, 0.717) is 18.2 Å². The van der Waals surface area contributed by atoms with Crippen molar-refractivity contribution in [1.29, 1.82) is 5.41 Å². The fraction of sp³-hybridized carbons (Fsp3) is 0.364. The number of hydrogen-bond donors (Lipinski definition) is 2. The molecule has 0 amide bonds. The minimum Gasteiger partial charge on any atom is -0.384 e. The molecule has 0 atom stereocenters. The topological polar surface area (TPSA) is 62.3 Å². The Morgan fingerprint density at radius 3 is 2.69 bits per heavy atom. The smallest absolute Gasteiger partial charge is 0.124 e. The number of morpholine rings is 1. The highest BCUT2D eigenvalue weighted by atomic mass is 35.5. The van der Waals surface area contributed by atoms with Crippen LogP contribution in [0.25, 0.3) is 0 Å². The average molecular weight is 240 g/mol. The van der Waals surface area contributed by atoms with Gasteiger partial charge in [0.2, 0.25) is 0 Å². The molecule has 1 aromatic carbocycles. The summed E-state index contributed by atoms with van der Waals surface area (Å²) in [6.07, 6.45) is 0. The number of amidine groups is 1. The molecule has 0 unspecified atom stereocenters. The highest BCUT2D eigenvalue weighted by Crippen LogP contribution is 2.25. The van der Waals surface area contributed by atoms with Gasteiger partial charge in [0.15, 0.2) is 0 Å². The van der Waals surface area contributed by atoms with Gasteiger partial charge < -0.3 is 15.4 Å². The summed E-state index contributed by atoms with van der Waals surface area (Å²) in [7, 11) is 0. The molecule has 16 heavy (non-hydrogen) atoms. The monoisotopic (exact) mass is 239 g/mol. The van der Waals surface area contributed by atoms with Crippen molar-refractivity contribution >= 4 is 23.1 Å². The zero-order valence-corrected chi connectivity index (χ0v) is 9.63. The summed E-state index contributed by atoms with van der Waals surface area (Å²) in [6.45, 7) is 3.01. The maximum Gasteiger partial charge on any atom is 0.124 e. The first kappa shape index (κ1) is 11.2. The molecule has 5 heteroatoms. The van der Waals surface area contributed by atoms with Gasteiger partial charge in [0, 0.05) is 29.4 Å². The molecule has 1 saturated heterocycles. The molecule has 1 aliphatic heterocycles. The Morgan fingerprint density at radius 2 is 2.06 bits per heavy atom. The lowest BCUT2D eigenvalue weighted by molar-refractivity contribution is 0.122. The molecule has 0 saturated carbocycles. The standard InChI is InChI=1S/C11H14ClN3O/c12-8-1-2-9(11(13)14)10(7-8)15-3-5-16-6-4-15/h1-2,7H,3-6H2,(H3,13,14). The molecular weight excluding hydrogens is 226 g/mol. The summed E-state index contributed by atoms with van der Waals surface area (Å²) < 4.78 is 5.29. The summed E-state index contributed by atoms with van der Waals surface area (Å²) in [5.74, 6) is 0.0677. The summed E-state index contributed by atoms with van der Waals surface area (Å²) in [5, 5.41) is 8.20. The largest absolute Gasteiger partial charge is 0.384 e. The van der Waals surface area contributed by atoms with E-state index in [-0.39, 0.29) is 5.84 Å². The van der Waals surface area contributed by atoms with Crippen LogP contribution >= 0.6 is 11.6 Å². The summed E-state index contributed by atoms with van der Waals surface area (Å²) >= 11 is 5.97. The van der Waals surface area contributed by atoms with Crippen molar-refractivity contribution in [3.8, 4) is 0 Å². The van der Waals surface area contributed by atoms with Crippen LogP contribution in [0.15, 0.2) is 18.2 Å². The number of nitrogens with one attached hydrogen (secondary N) is 1. The second-order valence-electron chi connectivity index (χ2n) is 3.67. The van der Waals surface area contributed by atoms with Gasteiger partial charge in [-0.15, -0.1) is 0 Å². The Bertz CT molecular complexity index is 402. The number of rotatable bonds is 2. The molecule has 1 fully saturated rings. The third-order valence-electron chi connectivity index (χ3n) is 2.60. The van der Waals surface area contributed by atoms with Crippen molar-refractivity contribution in [3.05, 3.63) is 28.8 Å². The molecule has 1 aliphatic rings. The molecule has 1 heterocycles. The van der Waals surface area contributed by atoms with Crippen molar-refractivity contribution in [3.63, 3.8) is 0 Å². The number of benzene rings is 1. The van der Waals surface area contributed by atoms with Crippen LogP contribution in [0.5, 0.6) is 0 Å². The van der Waals surface area contributed by atoms with Gasteiger partial charge in [-0.25, -0.2) is 0 Å². The fourth-order valence-corrected chi connectivity index (χ4v) is 1.96. The van der Waals surface area contributed by atoms with E-state index in [4.69, 9.17) is 27.5 Å². The van der Waals surface area contributed by atoms with E-state index in [2.05, 4.69) is 4.90 Å². The molecule has 0 spiro atoms. The summed E-state index contributed by atoms with van der Waals surface area (Å²) in [4.78, 5) is 2.14. The van der Waals surface area contributed by atoms with E-state index in [0.717, 1.165) is 24.3 Å². The quantitative estimate of drug-likeness (QED) is 0.607. The normalized spacial score (nSPS) is 16.2. The van der Waals surface area contributed by atoms with E-state index >= 15 is 0 Å². The first-order valence-electron chi connectivity index (χ1n) is 5.15. The highest BCUT2D eigenvalue weighted by Gasteiger charge is 2.16. The third-order valence-corrected chi connectivity index (χ3v) is 2.84. The fourth-order valence-electron chi connectivity index (χ4n) is 1.80. The van der Waals surface area contributed by atoms with Crippen molar-refractivity contribution in [2.75, 3.05) is 31.2 Å². The molecule has 0 aromatic heterocycles. The van der Waals surface area contributed by atoms with Crippen LogP contribution in [0.1, 0.15) is 5.56 Å². The van der Waals surface area contributed by atoms with Gasteiger partial charge in [-0.05, 0) is 18.2 Å². The van der Waals surface area contributed by atoms with Gasteiger partial charge in [0.25, 0.3) is 0 Å². The Labute approximate surface area is 99.5 Å². The molecule has 2 rings (SSSR count). The SMILES string of the molecule is N=C(N)c1ccc(Cl)cc1N1CCOCC1. The lowest BCUT2D eigenvalue weighted by atomic mass is 10.1. The Hall–Kier alpha value is -1.26. The van der Waals surface area contributed by atoms with Gasteiger partial charge in [-0.3, -0.25) is 5.41 Å². The lowest BCUT2D eigenvalue weighted by Gasteiger charge is -2.30. The van der Waals surface area contributed by atoms with Gasteiger partial charge in [-0.2, -0.15) is 0 Å². The Morgan fingerprint density at radius 1 is 1.38 bits per heavy atom. The zero-order valence-electron chi connectivity index (χ0n) is 8.87. The van der Waals surface area contributed by atoms with Crippen LogP contribution in [0, 0.1) is 5.41 Å². The van der Waals surface area contributed by atoms with Gasteiger partial charge in [0.1, 0.15) is 5.84 Å². The van der Waals surface area contributed by atoms with Crippen molar-refractivity contribution < 1.29 is 4.74 Å². The summed E-state index contributed by atoms with van der Waals surface area (Å²) in [6, 6.07) is 5.39. The molecule has 86 valence electrons. The Balaban J connectivity index is 2.36. The van der Waals surface area contributed by atoms with E-state index in [9.17, 15) is 0 Å². The average Bonchev–Trinajstić information content (AvgIpc) is 2.29. The van der Waals surface area contributed by atoms with Crippen LogP contribution in [0.3, 0.4) is 0 Å². The van der Waals surface area contributed by atoms with Crippen molar-refractivity contribution in [1.82, 2.24) is 0 Å². The van der Waals surface area contributed by atoms with Crippen LogP contribution in [-0.4, -0.2) is 32.1 Å². The number of hydrogen-bond acceptors (Lipinski definition) is 3. The molecule has 4 nitrogen and oxygen atoms in total. The second kappa shape index (κ2) is 4.72. The number of nitrogen functional groups attached to an aromatic ring is 1. The molecule has 0 radical (unpaired) electrons. The second-order valence-corrected chi connectivity index (χ2v) is 4.11. The van der Waals surface area contributed by atoms with Crippen LogP contribution in [-0.2, 0) is 4.74 Å². The van der Waals surface area contributed by atoms with Gasteiger partial charge >= 0.3 is 0 Å². The third kappa shape index (κ3) is 2.28. The van der Waals surface area contributed by atoms with E-state index in [1.54, 1.807) is 12.1 Å². The van der Waals surface area contributed by atoms with Crippen LogP contribution < -0.4 is 10.6 Å². The highest BCUT2D eigenvalue weighted by molar-refractivity contribution is 6.31. The number of halogens is 1. The maximum atomic E-state index is 7.54. The van der Waals surface area contributed by atoms with E-state index < -0.39 is 0 Å². The van der Waals surface area contributed by atoms with Gasteiger partial charge in [0.05, 0.1) is 13.2 Å². The van der Waals surface area contributed by atoms with Crippen LogP contribution in [0.4, 0.5) is 5.69 Å². The minimum atomic E-state index is 0.0677. The minimum absolute atomic E-state index is 0.0677. The van der Waals surface area contributed by atoms with Crippen molar-refractivity contribution in [2.45, 2.75) is 0 Å². The molecular formula is C11H14ClN3O. The number of ether oxygens (including phenoxy) is 1. The van der Waals surface area contributed by atoms with E-state index in [1.165, 1.54) is 0 Å².